The summed E-state index contributed by atoms with van der Waals surface area (Å²) in [5.74, 6) is 1.74. The lowest BCUT2D eigenvalue weighted by Crippen LogP contribution is -2.00. The van der Waals surface area contributed by atoms with E-state index in [-0.39, 0.29) is 0 Å². The van der Waals surface area contributed by atoms with Crippen LogP contribution in [0.15, 0.2) is 34.7 Å². The molecule has 9 heteroatoms. The average molecular weight is 395 g/mol. The molecule has 1 N–H and O–H groups in total. The molecule has 3 rings (SSSR count). The number of methoxy groups -OCH3 is 2. The minimum atomic E-state index is 0.416. The second kappa shape index (κ2) is 7.81. The van der Waals surface area contributed by atoms with Crippen molar-refractivity contribution in [2.75, 3.05) is 14.2 Å². The van der Waals surface area contributed by atoms with E-state index < -0.39 is 0 Å². The second-order valence-electron chi connectivity index (χ2n) is 4.96. The summed E-state index contributed by atoms with van der Waals surface area (Å²) in [5, 5.41) is 13.9. The van der Waals surface area contributed by atoms with Crippen LogP contribution in [0.5, 0.6) is 11.5 Å². The van der Waals surface area contributed by atoms with E-state index in [1.165, 1.54) is 12.0 Å². The Labute approximate surface area is 158 Å². The molecule has 0 bridgehead atoms. The Balaban J connectivity index is 1.93. The predicted octanol–water partition coefficient (Wildman–Crippen LogP) is 4.15. The third-order valence-corrected chi connectivity index (χ3v) is 4.99. The predicted molar refractivity (Wildman–Crippen MR) is 102 cm³/mol. The van der Waals surface area contributed by atoms with Crippen LogP contribution in [-0.4, -0.2) is 35.3 Å². The molecule has 2 heterocycles. The number of H-pyrrole nitrogens is 1. The van der Waals surface area contributed by atoms with Gasteiger partial charge in [-0.2, -0.15) is 14.9 Å². The lowest BCUT2D eigenvalue weighted by atomic mass is 10.2. The van der Waals surface area contributed by atoms with Crippen LogP contribution in [-0.2, 0) is 6.42 Å². The fourth-order valence-corrected chi connectivity index (χ4v) is 3.43. The van der Waals surface area contributed by atoms with Crippen molar-refractivity contribution in [1.29, 1.82) is 0 Å². The molecule has 0 fully saturated rings. The molecule has 1 aromatic carbocycles. The number of nitrogens with zero attached hydrogens (tertiary/aromatic N) is 3. The van der Waals surface area contributed by atoms with Gasteiger partial charge in [0.15, 0.2) is 17.3 Å². The number of ether oxygens (including phenoxy) is 2. The fraction of sp³-hybridized carbons (Fsp3) is 0.188. The first-order valence-electron chi connectivity index (χ1n) is 7.27. The van der Waals surface area contributed by atoms with Gasteiger partial charge in [-0.25, -0.2) is 0 Å². The van der Waals surface area contributed by atoms with Crippen LogP contribution in [0.1, 0.15) is 16.3 Å². The molecule has 0 spiro atoms. The van der Waals surface area contributed by atoms with Crippen LogP contribution < -0.4 is 9.47 Å². The molecule has 0 aliphatic rings. The molecule has 0 aliphatic heterocycles. The molecule has 0 radical (unpaired) electrons. The molecular weight excluding hydrogens is 380 g/mol. The lowest BCUT2D eigenvalue weighted by molar-refractivity contribution is 0.355. The number of thiophene rings is 1. The van der Waals surface area contributed by atoms with E-state index in [2.05, 4.69) is 15.3 Å². The molecule has 25 heavy (non-hydrogen) atoms. The molecule has 0 saturated heterocycles. The Hall–Kier alpha value is -2.16. The highest BCUT2D eigenvalue weighted by molar-refractivity contribution is 7.71. The minimum Gasteiger partial charge on any atom is -0.493 e. The van der Waals surface area contributed by atoms with Crippen molar-refractivity contribution in [2.24, 2.45) is 5.10 Å². The number of benzene rings is 1. The largest absolute Gasteiger partial charge is 0.493 e. The Morgan fingerprint density at radius 2 is 2.20 bits per heavy atom. The number of hydrogen-bond acceptors (Lipinski definition) is 6. The molecule has 0 atom stereocenters. The van der Waals surface area contributed by atoms with E-state index >= 15 is 0 Å². The lowest BCUT2D eigenvalue weighted by Gasteiger charge is -2.10. The van der Waals surface area contributed by atoms with Crippen molar-refractivity contribution in [2.45, 2.75) is 6.42 Å². The number of aromatic amines is 1. The molecular formula is C16H15ClN4O2S2. The molecule has 2 aromatic heterocycles. The van der Waals surface area contributed by atoms with Crippen molar-refractivity contribution in [3.05, 3.63) is 55.7 Å². The van der Waals surface area contributed by atoms with Crippen LogP contribution in [0.3, 0.4) is 0 Å². The Morgan fingerprint density at radius 1 is 1.36 bits per heavy atom. The quantitative estimate of drug-likeness (QED) is 0.504. The van der Waals surface area contributed by atoms with Crippen LogP contribution in [0, 0.1) is 4.77 Å². The highest BCUT2D eigenvalue weighted by atomic mass is 35.5. The van der Waals surface area contributed by atoms with Gasteiger partial charge in [0, 0.05) is 16.9 Å². The summed E-state index contributed by atoms with van der Waals surface area (Å²) in [5.41, 5.74) is 0.685. The van der Waals surface area contributed by atoms with Crippen molar-refractivity contribution in [3.63, 3.8) is 0 Å². The normalized spacial score (nSPS) is 11.2. The summed E-state index contributed by atoms with van der Waals surface area (Å²) in [7, 11) is 3.10. The van der Waals surface area contributed by atoms with E-state index in [1.807, 2.05) is 17.5 Å². The van der Waals surface area contributed by atoms with E-state index in [9.17, 15) is 0 Å². The van der Waals surface area contributed by atoms with Gasteiger partial charge in [0.2, 0.25) is 4.77 Å². The van der Waals surface area contributed by atoms with Gasteiger partial charge in [0.05, 0.1) is 25.5 Å². The maximum Gasteiger partial charge on any atom is 0.216 e. The molecule has 0 unspecified atom stereocenters. The van der Waals surface area contributed by atoms with Crippen LogP contribution in [0.4, 0.5) is 0 Å². The standard InChI is InChI=1S/C16H15ClN4O2S2/c1-22-12-6-5-10(14(17)15(12)23-2)9-18-21-13(19-20-16(21)24)8-11-4-3-7-25-11/h3-7,9H,8H2,1-2H3,(H,20,24)/b18-9-. The van der Waals surface area contributed by atoms with Gasteiger partial charge < -0.3 is 9.47 Å². The van der Waals surface area contributed by atoms with Gasteiger partial charge in [0.1, 0.15) is 0 Å². The third-order valence-electron chi connectivity index (χ3n) is 3.46. The van der Waals surface area contributed by atoms with Crippen LogP contribution in [0.25, 0.3) is 0 Å². The van der Waals surface area contributed by atoms with Gasteiger partial charge in [-0.05, 0) is 35.8 Å². The first-order chi connectivity index (χ1) is 12.1. The van der Waals surface area contributed by atoms with Crippen molar-refractivity contribution in [3.8, 4) is 11.5 Å². The number of hydrogen-bond donors (Lipinski definition) is 1. The molecule has 130 valence electrons. The Bertz CT molecular complexity index is 948. The van der Waals surface area contributed by atoms with Gasteiger partial charge in [-0.3, -0.25) is 5.10 Å². The smallest absolute Gasteiger partial charge is 0.216 e. The van der Waals surface area contributed by atoms with Crippen molar-refractivity contribution >= 4 is 41.4 Å². The van der Waals surface area contributed by atoms with Gasteiger partial charge >= 0.3 is 0 Å². The van der Waals surface area contributed by atoms with E-state index in [1.54, 1.807) is 41.5 Å². The highest BCUT2D eigenvalue weighted by Gasteiger charge is 2.12. The van der Waals surface area contributed by atoms with Crippen molar-refractivity contribution in [1.82, 2.24) is 14.9 Å². The highest BCUT2D eigenvalue weighted by Crippen LogP contribution is 2.36. The average Bonchev–Trinajstić information content (AvgIpc) is 3.24. The van der Waals surface area contributed by atoms with Gasteiger partial charge in [0.25, 0.3) is 0 Å². The number of rotatable bonds is 6. The first kappa shape index (κ1) is 17.7. The molecule has 0 amide bonds. The third kappa shape index (κ3) is 3.76. The number of aromatic nitrogens is 3. The maximum absolute atomic E-state index is 6.37. The van der Waals surface area contributed by atoms with Crippen LogP contribution >= 0.6 is 35.2 Å². The number of nitrogens with one attached hydrogen (secondary N) is 1. The molecule has 0 saturated carbocycles. The Kier molecular flexibility index (Phi) is 5.52. The molecule has 6 nitrogen and oxygen atoms in total. The zero-order valence-electron chi connectivity index (χ0n) is 13.5. The SMILES string of the molecule is COc1ccc(/C=N\n2c(Cc3cccs3)n[nH]c2=S)c(Cl)c1OC. The summed E-state index contributed by atoms with van der Waals surface area (Å²) >= 11 is 13.3. The number of halogens is 1. The monoisotopic (exact) mass is 394 g/mol. The summed E-state index contributed by atoms with van der Waals surface area (Å²) < 4.78 is 12.5. The van der Waals surface area contributed by atoms with Gasteiger partial charge in [-0.1, -0.05) is 17.7 Å². The first-order valence-corrected chi connectivity index (χ1v) is 8.94. The summed E-state index contributed by atoms with van der Waals surface area (Å²) in [6.07, 6.45) is 2.26. The van der Waals surface area contributed by atoms with Crippen LogP contribution in [0.2, 0.25) is 5.02 Å². The van der Waals surface area contributed by atoms with E-state index in [0.29, 0.717) is 33.3 Å². The van der Waals surface area contributed by atoms with E-state index in [4.69, 9.17) is 33.3 Å². The zero-order valence-corrected chi connectivity index (χ0v) is 15.9. The minimum absolute atomic E-state index is 0.416. The topological polar surface area (TPSA) is 64.4 Å². The van der Waals surface area contributed by atoms with Gasteiger partial charge in [-0.15, -0.1) is 11.3 Å². The second-order valence-corrected chi connectivity index (χ2v) is 6.76. The fourth-order valence-electron chi connectivity index (χ4n) is 2.25. The summed E-state index contributed by atoms with van der Waals surface area (Å²) in [6.45, 7) is 0. The molecule has 0 aliphatic carbocycles. The molecule has 3 aromatic rings. The zero-order chi connectivity index (χ0) is 17.8. The maximum atomic E-state index is 6.37. The Morgan fingerprint density at radius 3 is 2.88 bits per heavy atom. The summed E-state index contributed by atoms with van der Waals surface area (Å²) in [6, 6.07) is 7.61. The summed E-state index contributed by atoms with van der Waals surface area (Å²) in [4.78, 5) is 1.18. The van der Waals surface area contributed by atoms with Crippen molar-refractivity contribution < 1.29 is 9.47 Å². The van der Waals surface area contributed by atoms with E-state index in [0.717, 1.165) is 5.82 Å².